The number of aryl methyl sites for hydroxylation is 1. The van der Waals surface area contributed by atoms with E-state index in [1.165, 1.54) is 25.3 Å². The fourth-order valence-electron chi connectivity index (χ4n) is 1.70. The van der Waals surface area contributed by atoms with Gasteiger partial charge in [0.1, 0.15) is 0 Å². The Bertz CT molecular complexity index is 598. The largest absolute Gasteiger partial charge is 0.416 e. The molecule has 16 heavy (non-hydrogen) atoms. The standard InChI is InChI=1S/C11H8F3NO/c1-6-8(11(12,13)14)3-2-7-9(16)4-5-15-10(6)7/h2-5H,1H3,(H,15,16). The minimum Gasteiger partial charge on any atom is -0.361 e. The third-order valence-corrected chi connectivity index (χ3v) is 2.50. The van der Waals surface area contributed by atoms with E-state index < -0.39 is 11.7 Å². The van der Waals surface area contributed by atoms with E-state index in [-0.39, 0.29) is 21.9 Å². The Morgan fingerprint density at radius 2 is 1.88 bits per heavy atom. The van der Waals surface area contributed by atoms with Crippen molar-refractivity contribution in [2.45, 2.75) is 13.1 Å². The van der Waals surface area contributed by atoms with E-state index >= 15 is 0 Å². The minimum atomic E-state index is -4.40. The van der Waals surface area contributed by atoms with Crippen molar-refractivity contribution in [3.8, 4) is 0 Å². The number of fused-ring (bicyclic) bond motifs is 1. The molecule has 1 heterocycles. The van der Waals surface area contributed by atoms with Gasteiger partial charge in [-0.05, 0) is 24.6 Å². The summed E-state index contributed by atoms with van der Waals surface area (Å²) in [5.41, 5.74) is -0.725. The van der Waals surface area contributed by atoms with Crippen molar-refractivity contribution in [2.24, 2.45) is 0 Å². The van der Waals surface area contributed by atoms with Crippen molar-refractivity contribution in [2.75, 3.05) is 0 Å². The molecule has 0 aliphatic rings. The smallest absolute Gasteiger partial charge is 0.361 e. The second-order valence-corrected chi connectivity index (χ2v) is 3.50. The van der Waals surface area contributed by atoms with Crippen molar-refractivity contribution in [1.82, 2.24) is 4.98 Å². The second-order valence-electron chi connectivity index (χ2n) is 3.50. The van der Waals surface area contributed by atoms with Crippen LogP contribution in [0.25, 0.3) is 10.9 Å². The maximum Gasteiger partial charge on any atom is 0.416 e. The summed E-state index contributed by atoms with van der Waals surface area (Å²) in [5.74, 6) is 0. The molecule has 0 atom stereocenters. The molecule has 2 aromatic rings. The van der Waals surface area contributed by atoms with E-state index in [0.717, 1.165) is 6.07 Å². The van der Waals surface area contributed by atoms with Crippen molar-refractivity contribution in [1.29, 1.82) is 0 Å². The molecule has 0 saturated heterocycles. The quantitative estimate of drug-likeness (QED) is 0.737. The number of alkyl halides is 3. The molecule has 0 aliphatic heterocycles. The van der Waals surface area contributed by atoms with Crippen molar-refractivity contribution < 1.29 is 13.2 Å². The van der Waals surface area contributed by atoms with Gasteiger partial charge >= 0.3 is 6.18 Å². The molecular formula is C11H8F3NO. The topological polar surface area (TPSA) is 32.9 Å². The van der Waals surface area contributed by atoms with Crippen LogP contribution in [0.4, 0.5) is 13.2 Å². The van der Waals surface area contributed by atoms with Crippen molar-refractivity contribution in [3.05, 3.63) is 45.7 Å². The molecule has 0 radical (unpaired) electrons. The number of halogens is 3. The first-order chi connectivity index (χ1) is 7.41. The summed E-state index contributed by atoms with van der Waals surface area (Å²) in [5, 5.41) is 0.271. The highest BCUT2D eigenvalue weighted by Gasteiger charge is 2.32. The van der Waals surface area contributed by atoms with Crippen LogP contribution in [0.1, 0.15) is 11.1 Å². The molecule has 1 N–H and O–H groups in total. The molecule has 5 heteroatoms. The molecule has 0 unspecified atom stereocenters. The third kappa shape index (κ3) is 1.58. The number of hydrogen-bond donors (Lipinski definition) is 1. The van der Waals surface area contributed by atoms with E-state index in [0.29, 0.717) is 0 Å². The Balaban J connectivity index is 2.86. The highest BCUT2D eigenvalue weighted by atomic mass is 19.4. The molecule has 0 spiro atoms. The van der Waals surface area contributed by atoms with Gasteiger partial charge in [0, 0.05) is 17.6 Å². The number of rotatable bonds is 0. The molecule has 1 aromatic heterocycles. The predicted octanol–water partition coefficient (Wildman–Crippen LogP) is 2.86. The van der Waals surface area contributed by atoms with E-state index in [1.807, 2.05) is 0 Å². The molecule has 0 saturated carbocycles. The Morgan fingerprint density at radius 3 is 2.50 bits per heavy atom. The monoisotopic (exact) mass is 227 g/mol. The summed E-state index contributed by atoms with van der Waals surface area (Å²) in [7, 11) is 0. The Kier molecular flexibility index (Phi) is 2.26. The Hall–Kier alpha value is -1.78. The highest BCUT2D eigenvalue weighted by molar-refractivity contribution is 5.82. The maximum absolute atomic E-state index is 12.6. The molecule has 0 aliphatic carbocycles. The van der Waals surface area contributed by atoms with Gasteiger partial charge in [-0.15, -0.1) is 0 Å². The normalized spacial score (nSPS) is 12.0. The lowest BCUT2D eigenvalue weighted by Gasteiger charge is -2.11. The Morgan fingerprint density at radius 1 is 1.19 bits per heavy atom. The summed E-state index contributed by atoms with van der Waals surface area (Å²) in [6.07, 6.45) is -3.05. The minimum absolute atomic E-state index is 0.0442. The average Bonchev–Trinajstić information content (AvgIpc) is 2.18. The van der Waals surface area contributed by atoms with Gasteiger partial charge in [0.05, 0.1) is 11.1 Å². The molecule has 0 bridgehead atoms. The molecule has 2 rings (SSSR count). The number of H-pyrrole nitrogens is 1. The van der Waals surface area contributed by atoms with Crippen LogP contribution in [0.15, 0.2) is 29.2 Å². The second kappa shape index (κ2) is 3.37. The van der Waals surface area contributed by atoms with Gasteiger partial charge < -0.3 is 4.98 Å². The summed E-state index contributed by atoms with van der Waals surface area (Å²) >= 11 is 0. The number of benzene rings is 1. The van der Waals surface area contributed by atoms with Gasteiger partial charge in [0.25, 0.3) is 0 Å². The van der Waals surface area contributed by atoms with E-state index in [1.54, 1.807) is 0 Å². The van der Waals surface area contributed by atoms with Crippen molar-refractivity contribution in [3.63, 3.8) is 0 Å². The Labute approximate surface area is 88.7 Å². The first-order valence-electron chi connectivity index (χ1n) is 4.59. The predicted molar refractivity (Wildman–Crippen MR) is 54.3 cm³/mol. The number of aromatic nitrogens is 1. The van der Waals surface area contributed by atoms with Crippen LogP contribution in [0.2, 0.25) is 0 Å². The van der Waals surface area contributed by atoms with Gasteiger partial charge in [-0.2, -0.15) is 13.2 Å². The van der Waals surface area contributed by atoms with Crippen LogP contribution >= 0.6 is 0 Å². The number of aromatic amines is 1. The maximum atomic E-state index is 12.6. The number of hydrogen-bond acceptors (Lipinski definition) is 1. The number of pyridine rings is 1. The molecule has 84 valence electrons. The zero-order valence-electron chi connectivity index (χ0n) is 8.35. The average molecular weight is 227 g/mol. The van der Waals surface area contributed by atoms with E-state index in [9.17, 15) is 18.0 Å². The van der Waals surface area contributed by atoms with Crippen LogP contribution in [0.3, 0.4) is 0 Å². The molecule has 2 nitrogen and oxygen atoms in total. The first-order valence-corrected chi connectivity index (χ1v) is 4.59. The third-order valence-electron chi connectivity index (χ3n) is 2.50. The summed E-state index contributed by atoms with van der Waals surface area (Å²) in [6.45, 7) is 1.35. The molecule has 0 amide bonds. The lowest BCUT2D eigenvalue weighted by Crippen LogP contribution is -2.10. The molecule has 0 fully saturated rings. The van der Waals surface area contributed by atoms with Gasteiger partial charge in [-0.25, -0.2) is 0 Å². The number of nitrogens with one attached hydrogen (secondary N) is 1. The van der Waals surface area contributed by atoms with Crippen molar-refractivity contribution >= 4 is 10.9 Å². The lowest BCUT2D eigenvalue weighted by atomic mass is 10.0. The SMILES string of the molecule is Cc1c(C(F)(F)F)ccc2c(=O)cc[nH]c12. The molecule has 1 aromatic carbocycles. The van der Waals surface area contributed by atoms with E-state index in [4.69, 9.17) is 0 Å². The van der Waals surface area contributed by atoms with Crippen LogP contribution in [0, 0.1) is 6.92 Å². The fourth-order valence-corrected chi connectivity index (χ4v) is 1.70. The van der Waals surface area contributed by atoms with Gasteiger partial charge in [0.2, 0.25) is 0 Å². The molecular weight excluding hydrogens is 219 g/mol. The summed E-state index contributed by atoms with van der Waals surface area (Å²) < 4.78 is 37.8. The van der Waals surface area contributed by atoms with Gasteiger partial charge in [-0.3, -0.25) is 4.79 Å². The highest BCUT2D eigenvalue weighted by Crippen LogP contribution is 2.33. The zero-order valence-corrected chi connectivity index (χ0v) is 8.35. The van der Waals surface area contributed by atoms with Crippen LogP contribution in [0.5, 0.6) is 0 Å². The van der Waals surface area contributed by atoms with E-state index in [2.05, 4.69) is 4.98 Å². The summed E-state index contributed by atoms with van der Waals surface area (Å²) in [4.78, 5) is 14.1. The van der Waals surface area contributed by atoms with Crippen LogP contribution in [-0.2, 0) is 6.18 Å². The zero-order chi connectivity index (χ0) is 11.9. The van der Waals surface area contributed by atoms with Gasteiger partial charge in [0.15, 0.2) is 5.43 Å². The van der Waals surface area contributed by atoms with Crippen LogP contribution < -0.4 is 5.43 Å². The first kappa shape index (κ1) is 10.7. The lowest BCUT2D eigenvalue weighted by molar-refractivity contribution is -0.137. The van der Waals surface area contributed by atoms with Gasteiger partial charge in [-0.1, -0.05) is 0 Å². The summed E-state index contributed by atoms with van der Waals surface area (Å²) in [6, 6.07) is 3.42. The van der Waals surface area contributed by atoms with Crippen LogP contribution in [-0.4, -0.2) is 4.98 Å². The fraction of sp³-hybridized carbons (Fsp3) is 0.182.